The monoisotopic (exact) mass is 398 g/mol. The lowest BCUT2D eigenvalue weighted by Crippen LogP contribution is -2.18. The van der Waals surface area contributed by atoms with Crippen LogP contribution >= 0.6 is 0 Å². The first kappa shape index (κ1) is 20.6. The van der Waals surface area contributed by atoms with Gasteiger partial charge in [0, 0.05) is 0 Å². The summed E-state index contributed by atoms with van der Waals surface area (Å²) >= 11 is 0. The molecule has 0 saturated carbocycles. The molecule has 2 aromatic rings. The van der Waals surface area contributed by atoms with Gasteiger partial charge in [-0.05, 0) is 73.9 Å². The van der Waals surface area contributed by atoms with E-state index in [1.807, 2.05) is 6.92 Å². The van der Waals surface area contributed by atoms with Gasteiger partial charge in [0.1, 0.15) is 11.5 Å². The number of aryl methyl sites for hydroxylation is 2. The fourth-order valence-corrected chi connectivity index (χ4v) is 3.23. The van der Waals surface area contributed by atoms with Gasteiger partial charge in [0.25, 0.3) is 10.0 Å². The largest absolute Gasteiger partial charge is 0.494 e. The molecule has 0 spiro atoms. The molecule has 0 saturated heterocycles. The maximum Gasteiger partial charge on any atom is 0.387 e. The Balaban J connectivity index is 2.11. The summed E-state index contributed by atoms with van der Waals surface area (Å²) < 4.78 is 59.0. The van der Waals surface area contributed by atoms with Crippen molar-refractivity contribution in [2.24, 2.45) is 5.10 Å². The molecule has 27 heavy (non-hydrogen) atoms. The number of hydrazone groups is 1. The maximum absolute atomic E-state index is 12.4. The summed E-state index contributed by atoms with van der Waals surface area (Å²) in [7, 11) is -3.83. The summed E-state index contributed by atoms with van der Waals surface area (Å²) in [5, 5.41) is 3.74. The smallest absolute Gasteiger partial charge is 0.387 e. The number of benzene rings is 2. The topological polar surface area (TPSA) is 77.0 Å². The Kier molecular flexibility index (Phi) is 6.73. The first-order valence-corrected chi connectivity index (χ1v) is 9.55. The van der Waals surface area contributed by atoms with Crippen molar-refractivity contribution in [1.82, 2.24) is 4.83 Å². The lowest BCUT2D eigenvalue weighted by molar-refractivity contribution is -0.0507. The van der Waals surface area contributed by atoms with Crippen LogP contribution in [0.5, 0.6) is 11.5 Å². The zero-order valence-corrected chi connectivity index (χ0v) is 15.9. The zero-order chi connectivity index (χ0) is 20.0. The van der Waals surface area contributed by atoms with E-state index in [0.29, 0.717) is 29.0 Å². The minimum absolute atomic E-state index is 0.0381. The van der Waals surface area contributed by atoms with Crippen molar-refractivity contribution in [2.45, 2.75) is 32.3 Å². The summed E-state index contributed by atoms with van der Waals surface area (Å²) in [5.41, 5.74) is 1.53. The first-order valence-electron chi connectivity index (χ1n) is 8.06. The molecule has 0 aliphatic rings. The van der Waals surface area contributed by atoms with Gasteiger partial charge in [-0.15, -0.1) is 0 Å². The van der Waals surface area contributed by atoms with Crippen molar-refractivity contribution < 1.29 is 26.7 Å². The molecule has 0 atom stereocenters. The van der Waals surface area contributed by atoms with E-state index >= 15 is 0 Å². The van der Waals surface area contributed by atoms with E-state index in [9.17, 15) is 17.2 Å². The van der Waals surface area contributed by atoms with Gasteiger partial charge in [0.05, 0.1) is 17.7 Å². The summed E-state index contributed by atoms with van der Waals surface area (Å²) in [6.45, 7) is 2.63. The molecule has 0 aromatic heterocycles. The Morgan fingerprint density at radius 2 is 1.74 bits per heavy atom. The lowest BCUT2D eigenvalue weighted by Gasteiger charge is -2.12. The van der Waals surface area contributed by atoms with Gasteiger partial charge in [-0.25, -0.2) is 4.83 Å². The third-order valence-electron chi connectivity index (χ3n) is 3.52. The molecule has 0 heterocycles. The summed E-state index contributed by atoms with van der Waals surface area (Å²) in [4.78, 5) is 2.15. The highest BCUT2D eigenvalue weighted by Gasteiger charge is 2.13. The Bertz CT molecular complexity index is 890. The van der Waals surface area contributed by atoms with Crippen LogP contribution in [0.1, 0.15) is 23.6 Å². The molecule has 0 bridgehead atoms. The van der Waals surface area contributed by atoms with Gasteiger partial charge in [-0.2, -0.15) is 22.3 Å². The number of hydrogen-bond donors (Lipinski definition) is 1. The average molecular weight is 398 g/mol. The van der Waals surface area contributed by atoms with Crippen LogP contribution in [0, 0.1) is 13.8 Å². The normalized spacial score (nSPS) is 11.8. The number of sulfonamides is 1. The highest BCUT2D eigenvalue weighted by atomic mass is 32.2. The molecule has 146 valence electrons. The quantitative estimate of drug-likeness (QED) is 0.544. The van der Waals surface area contributed by atoms with Crippen molar-refractivity contribution in [2.75, 3.05) is 6.61 Å². The molecule has 0 radical (unpaired) electrons. The highest BCUT2D eigenvalue weighted by molar-refractivity contribution is 7.89. The molecule has 2 rings (SSSR count). The van der Waals surface area contributed by atoms with Gasteiger partial charge in [-0.3, -0.25) is 0 Å². The fourth-order valence-electron chi connectivity index (χ4n) is 2.44. The summed E-state index contributed by atoms with van der Waals surface area (Å²) in [5.74, 6) is 0.661. The predicted octanol–water partition coefficient (Wildman–Crippen LogP) is 3.62. The van der Waals surface area contributed by atoms with Crippen LogP contribution in [0.2, 0.25) is 0 Å². The lowest BCUT2D eigenvalue weighted by atomic mass is 10.1. The number of rotatable bonds is 8. The van der Waals surface area contributed by atoms with Crippen molar-refractivity contribution in [3.05, 3.63) is 53.1 Å². The van der Waals surface area contributed by atoms with Crippen molar-refractivity contribution in [1.29, 1.82) is 0 Å². The Labute approximate surface area is 156 Å². The zero-order valence-electron chi connectivity index (χ0n) is 15.1. The minimum Gasteiger partial charge on any atom is -0.494 e. The molecule has 6 nitrogen and oxygen atoms in total. The summed E-state index contributed by atoms with van der Waals surface area (Å²) in [6, 6.07) is 9.06. The van der Waals surface area contributed by atoms with Gasteiger partial charge >= 0.3 is 6.61 Å². The molecule has 0 unspecified atom stereocenters. The van der Waals surface area contributed by atoms with E-state index in [0.717, 1.165) is 0 Å². The van der Waals surface area contributed by atoms with Crippen LogP contribution in [0.3, 0.4) is 0 Å². The molecule has 9 heteroatoms. The molecule has 0 fully saturated rings. The molecule has 2 aromatic carbocycles. The molecule has 1 N–H and O–H groups in total. The second kappa shape index (κ2) is 8.81. The van der Waals surface area contributed by atoms with E-state index in [1.165, 1.54) is 18.3 Å². The van der Waals surface area contributed by atoms with Crippen molar-refractivity contribution in [3.63, 3.8) is 0 Å². The van der Waals surface area contributed by atoms with Gasteiger partial charge in [0.2, 0.25) is 0 Å². The van der Waals surface area contributed by atoms with Crippen LogP contribution in [0.25, 0.3) is 0 Å². The van der Waals surface area contributed by atoms with Crippen molar-refractivity contribution >= 4 is 16.2 Å². The molecule has 0 aliphatic carbocycles. The van der Waals surface area contributed by atoms with Gasteiger partial charge in [0.15, 0.2) is 0 Å². The predicted molar refractivity (Wildman–Crippen MR) is 98.1 cm³/mol. The average Bonchev–Trinajstić information content (AvgIpc) is 2.59. The fraction of sp³-hybridized carbons (Fsp3) is 0.278. The number of nitrogens with one attached hydrogen (secondary N) is 1. The summed E-state index contributed by atoms with van der Waals surface area (Å²) in [6.07, 6.45) is 1.29. The highest BCUT2D eigenvalue weighted by Crippen LogP contribution is 2.26. The van der Waals surface area contributed by atoms with Gasteiger partial charge < -0.3 is 9.47 Å². The number of halogens is 2. The van der Waals surface area contributed by atoms with Crippen LogP contribution in [0.15, 0.2) is 46.4 Å². The van der Waals surface area contributed by atoms with E-state index in [-0.39, 0.29) is 10.6 Å². The van der Waals surface area contributed by atoms with E-state index in [2.05, 4.69) is 14.7 Å². The van der Waals surface area contributed by atoms with E-state index < -0.39 is 16.6 Å². The van der Waals surface area contributed by atoms with Crippen LogP contribution in [-0.2, 0) is 10.0 Å². The maximum atomic E-state index is 12.4. The number of nitrogens with zero attached hydrogens (tertiary/aromatic N) is 1. The number of hydrogen-bond acceptors (Lipinski definition) is 5. The van der Waals surface area contributed by atoms with E-state index in [4.69, 9.17) is 4.74 Å². The SMILES string of the molecule is CCOc1ccc(S(=O)(=O)N/N=C\c2cc(C)c(OC(F)F)c(C)c2)cc1. The van der Waals surface area contributed by atoms with E-state index in [1.54, 1.807) is 38.1 Å². The number of ether oxygens (including phenoxy) is 2. The van der Waals surface area contributed by atoms with Crippen LogP contribution in [0.4, 0.5) is 8.78 Å². The third kappa shape index (κ3) is 5.65. The second-order valence-electron chi connectivity index (χ2n) is 5.62. The Morgan fingerprint density at radius 1 is 1.15 bits per heavy atom. The van der Waals surface area contributed by atoms with Crippen LogP contribution < -0.4 is 14.3 Å². The third-order valence-corrected chi connectivity index (χ3v) is 4.76. The Morgan fingerprint density at radius 3 is 2.26 bits per heavy atom. The number of alkyl halides is 2. The molecule has 0 amide bonds. The molecule has 0 aliphatic heterocycles. The van der Waals surface area contributed by atoms with Crippen molar-refractivity contribution in [3.8, 4) is 11.5 Å². The molecular formula is C18H20F2N2O4S. The molecular weight excluding hydrogens is 378 g/mol. The van der Waals surface area contributed by atoms with Crippen LogP contribution in [-0.4, -0.2) is 27.9 Å². The Hall–Kier alpha value is -2.68. The second-order valence-corrected chi connectivity index (χ2v) is 7.28. The standard InChI is InChI=1S/C18H20F2N2O4S/c1-4-25-15-5-7-16(8-6-15)27(23,24)22-21-11-14-9-12(2)17(13(3)10-14)26-18(19)20/h5-11,18,22H,4H2,1-3H3/b21-11-. The minimum atomic E-state index is -3.83. The van der Waals surface area contributed by atoms with Gasteiger partial charge in [-0.1, -0.05) is 0 Å². The first-order chi connectivity index (χ1) is 12.7.